The molecule has 0 aliphatic rings. The lowest BCUT2D eigenvalue weighted by molar-refractivity contribution is 0.491. The Hall–Kier alpha value is -0.670. The molecule has 0 bridgehead atoms. The molecule has 1 nitrogen and oxygen atoms in total. The lowest BCUT2D eigenvalue weighted by atomic mass is 10.2. The van der Waals surface area contributed by atoms with Gasteiger partial charge in [0, 0.05) is 18.0 Å². The van der Waals surface area contributed by atoms with Crippen molar-refractivity contribution in [2.24, 2.45) is 0 Å². The average Bonchev–Trinajstić information content (AvgIpc) is 2.33. The number of unbranched alkanes of at least 4 members (excludes halogenated alkanes) is 3. The zero-order valence-electron chi connectivity index (χ0n) is 9.82. The number of nitrogens with one attached hydrogen (secondary N) is 1. The van der Waals surface area contributed by atoms with Crippen molar-refractivity contribution in [1.29, 1.82) is 0 Å². The number of benzene rings is 1. The molecule has 96 valence electrons. The van der Waals surface area contributed by atoms with Gasteiger partial charge in [-0.3, -0.25) is 0 Å². The van der Waals surface area contributed by atoms with Crippen LogP contribution in [0.3, 0.4) is 0 Å². The third kappa shape index (κ3) is 5.46. The summed E-state index contributed by atoms with van der Waals surface area (Å²) in [5, 5.41) is 3.11. The number of rotatable bonds is 8. The molecule has 1 N–H and O–H groups in total. The molecule has 0 spiro atoms. The normalized spacial score (nSPS) is 10.8. The molecule has 1 rings (SSSR count). The number of hydrogen-bond acceptors (Lipinski definition) is 1. The van der Waals surface area contributed by atoms with Gasteiger partial charge in [0.15, 0.2) is 11.6 Å². The van der Waals surface area contributed by atoms with Crippen LogP contribution in [-0.4, -0.2) is 12.4 Å². The summed E-state index contributed by atoms with van der Waals surface area (Å²) in [6, 6.07) is 4.25. The Morgan fingerprint density at radius 1 is 1.06 bits per heavy atom. The van der Waals surface area contributed by atoms with Crippen molar-refractivity contribution in [3.05, 3.63) is 35.4 Å². The van der Waals surface area contributed by atoms with E-state index in [2.05, 4.69) is 5.32 Å². The van der Waals surface area contributed by atoms with Gasteiger partial charge < -0.3 is 5.32 Å². The minimum absolute atomic E-state index is 0.374. The van der Waals surface area contributed by atoms with E-state index in [1.165, 1.54) is 6.07 Å². The van der Waals surface area contributed by atoms with Crippen molar-refractivity contribution in [2.45, 2.75) is 32.2 Å². The predicted octanol–water partition coefficient (Wildman–Crippen LogP) is 3.85. The second kappa shape index (κ2) is 8.43. The van der Waals surface area contributed by atoms with Gasteiger partial charge in [-0.2, -0.15) is 0 Å². The Balaban J connectivity index is 2.16. The summed E-state index contributed by atoms with van der Waals surface area (Å²) >= 11 is 5.56. The van der Waals surface area contributed by atoms with Crippen LogP contribution in [0.4, 0.5) is 8.78 Å². The van der Waals surface area contributed by atoms with E-state index in [1.54, 1.807) is 6.07 Å². The maximum atomic E-state index is 13.2. The first kappa shape index (κ1) is 14.4. The molecule has 0 heterocycles. The molecule has 0 aromatic heterocycles. The van der Waals surface area contributed by atoms with E-state index in [-0.39, 0.29) is 0 Å². The second-order valence-electron chi connectivity index (χ2n) is 3.99. The molecule has 0 fully saturated rings. The van der Waals surface area contributed by atoms with Crippen LogP contribution >= 0.6 is 11.6 Å². The smallest absolute Gasteiger partial charge is 0.163 e. The zero-order chi connectivity index (χ0) is 12.5. The number of halogens is 3. The highest BCUT2D eigenvalue weighted by Gasteiger charge is 2.06. The minimum atomic E-state index is -0.786. The van der Waals surface area contributed by atoms with E-state index < -0.39 is 11.6 Å². The van der Waals surface area contributed by atoms with Crippen molar-refractivity contribution in [1.82, 2.24) is 5.32 Å². The molecule has 0 saturated carbocycles. The van der Waals surface area contributed by atoms with Crippen LogP contribution in [-0.2, 0) is 6.54 Å². The Morgan fingerprint density at radius 2 is 1.82 bits per heavy atom. The summed E-state index contributed by atoms with van der Waals surface area (Å²) in [6.45, 7) is 1.19. The van der Waals surface area contributed by atoms with Gasteiger partial charge in [0.2, 0.25) is 0 Å². The lowest BCUT2D eigenvalue weighted by Crippen LogP contribution is -2.16. The molecule has 1 aromatic carbocycles. The molecule has 0 amide bonds. The Bertz CT molecular complexity index is 331. The molecule has 0 atom stereocenters. The van der Waals surface area contributed by atoms with Crippen molar-refractivity contribution in [3.8, 4) is 0 Å². The van der Waals surface area contributed by atoms with E-state index >= 15 is 0 Å². The van der Waals surface area contributed by atoms with Crippen LogP contribution in [0.5, 0.6) is 0 Å². The molecule has 4 heteroatoms. The third-order valence-corrected chi connectivity index (χ3v) is 2.85. The molecular formula is C13H18ClF2N. The summed E-state index contributed by atoms with van der Waals surface area (Å²) in [5.41, 5.74) is 0.380. The van der Waals surface area contributed by atoms with Gasteiger partial charge in [-0.25, -0.2) is 8.78 Å². The first-order valence-corrected chi connectivity index (χ1v) is 6.48. The quantitative estimate of drug-likeness (QED) is 0.554. The predicted molar refractivity (Wildman–Crippen MR) is 67.3 cm³/mol. The first-order chi connectivity index (χ1) is 8.25. The van der Waals surface area contributed by atoms with Crippen LogP contribution in [0.2, 0.25) is 0 Å². The summed E-state index contributed by atoms with van der Waals surface area (Å²) in [4.78, 5) is 0. The lowest BCUT2D eigenvalue weighted by Gasteiger charge is -2.06. The van der Waals surface area contributed by atoms with Gasteiger partial charge in [-0.1, -0.05) is 25.0 Å². The maximum absolute atomic E-state index is 13.2. The molecule has 0 unspecified atom stereocenters. The molecule has 1 aromatic rings. The van der Waals surface area contributed by atoms with E-state index in [0.717, 1.165) is 38.3 Å². The van der Waals surface area contributed by atoms with Gasteiger partial charge in [0.25, 0.3) is 0 Å². The summed E-state index contributed by atoms with van der Waals surface area (Å²) in [5.74, 6) is -0.823. The highest BCUT2D eigenvalue weighted by Crippen LogP contribution is 2.10. The Kier molecular flexibility index (Phi) is 7.13. The van der Waals surface area contributed by atoms with Crippen molar-refractivity contribution >= 4 is 11.6 Å². The van der Waals surface area contributed by atoms with E-state index in [0.29, 0.717) is 18.0 Å². The van der Waals surface area contributed by atoms with E-state index in [1.807, 2.05) is 0 Å². The highest BCUT2D eigenvalue weighted by molar-refractivity contribution is 6.17. The molecular weight excluding hydrogens is 244 g/mol. The topological polar surface area (TPSA) is 12.0 Å². The van der Waals surface area contributed by atoms with Gasteiger partial charge in [-0.15, -0.1) is 11.6 Å². The summed E-state index contributed by atoms with van der Waals surface area (Å²) in [6.07, 6.45) is 4.32. The van der Waals surface area contributed by atoms with Crippen molar-refractivity contribution in [2.75, 3.05) is 12.4 Å². The fourth-order valence-electron chi connectivity index (χ4n) is 1.61. The molecule has 0 aliphatic carbocycles. The van der Waals surface area contributed by atoms with Crippen LogP contribution in [0.1, 0.15) is 31.2 Å². The first-order valence-electron chi connectivity index (χ1n) is 5.95. The fraction of sp³-hybridized carbons (Fsp3) is 0.538. The standard InChI is InChI=1S/C13H18ClF2N/c14-8-3-1-2-4-9-17-10-11-6-5-7-12(15)13(11)16/h5-7,17H,1-4,8-10H2. The van der Waals surface area contributed by atoms with Gasteiger partial charge in [0.05, 0.1) is 0 Å². The van der Waals surface area contributed by atoms with E-state index in [9.17, 15) is 8.78 Å². The number of hydrogen-bond donors (Lipinski definition) is 1. The largest absolute Gasteiger partial charge is 0.313 e. The second-order valence-corrected chi connectivity index (χ2v) is 4.37. The van der Waals surface area contributed by atoms with Crippen LogP contribution in [0, 0.1) is 11.6 Å². The van der Waals surface area contributed by atoms with Crippen LogP contribution in [0.15, 0.2) is 18.2 Å². The van der Waals surface area contributed by atoms with Gasteiger partial charge in [0.1, 0.15) is 0 Å². The van der Waals surface area contributed by atoms with Crippen molar-refractivity contribution < 1.29 is 8.78 Å². The van der Waals surface area contributed by atoms with Crippen LogP contribution in [0.25, 0.3) is 0 Å². The SMILES string of the molecule is Fc1cccc(CNCCCCCCCl)c1F. The Morgan fingerprint density at radius 3 is 2.59 bits per heavy atom. The highest BCUT2D eigenvalue weighted by atomic mass is 35.5. The van der Waals surface area contributed by atoms with Gasteiger partial charge >= 0.3 is 0 Å². The molecule has 0 aliphatic heterocycles. The zero-order valence-corrected chi connectivity index (χ0v) is 10.6. The minimum Gasteiger partial charge on any atom is -0.313 e. The molecule has 0 radical (unpaired) electrons. The average molecular weight is 262 g/mol. The summed E-state index contributed by atoms with van der Waals surface area (Å²) in [7, 11) is 0. The molecule has 17 heavy (non-hydrogen) atoms. The monoisotopic (exact) mass is 261 g/mol. The maximum Gasteiger partial charge on any atom is 0.163 e. The van der Waals surface area contributed by atoms with Crippen LogP contribution < -0.4 is 5.32 Å². The third-order valence-electron chi connectivity index (χ3n) is 2.58. The molecule has 0 saturated heterocycles. The number of alkyl halides is 1. The van der Waals surface area contributed by atoms with Gasteiger partial charge in [-0.05, 0) is 25.5 Å². The fourth-order valence-corrected chi connectivity index (χ4v) is 1.80. The summed E-state index contributed by atoms with van der Waals surface area (Å²) < 4.78 is 26.1. The Labute approximate surface area is 106 Å². The van der Waals surface area contributed by atoms with Crippen molar-refractivity contribution in [3.63, 3.8) is 0 Å². The van der Waals surface area contributed by atoms with E-state index in [4.69, 9.17) is 11.6 Å².